The molecular weight excluding hydrogens is 243 g/mol. The predicted molar refractivity (Wildman–Crippen MR) is 57.8 cm³/mol. The highest BCUT2D eigenvalue weighted by Crippen LogP contribution is 2.20. The van der Waals surface area contributed by atoms with Gasteiger partial charge in [-0.05, 0) is 24.6 Å². The van der Waals surface area contributed by atoms with Crippen LogP contribution < -0.4 is 10.5 Å². The van der Waals surface area contributed by atoms with E-state index in [2.05, 4.69) is 4.74 Å². The van der Waals surface area contributed by atoms with Crippen LogP contribution in [0.3, 0.4) is 0 Å². The first-order chi connectivity index (χ1) is 7.00. The zero-order valence-electron chi connectivity index (χ0n) is 8.57. The van der Waals surface area contributed by atoms with Gasteiger partial charge in [0.2, 0.25) is 0 Å². The molecule has 1 aromatic carbocycles. The number of nitrogens with two attached hydrogens (primary N) is 1. The topological polar surface area (TPSA) is 35.2 Å². The van der Waals surface area contributed by atoms with Gasteiger partial charge in [-0.2, -0.15) is 4.39 Å². The van der Waals surface area contributed by atoms with Crippen molar-refractivity contribution >= 4 is 12.4 Å². The van der Waals surface area contributed by atoms with Crippen LogP contribution >= 0.6 is 12.4 Å². The number of hydrogen-bond acceptors (Lipinski definition) is 2. The Balaban J connectivity index is 0.00000225. The van der Waals surface area contributed by atoms with Crippen molar-refractivity contribution in [2.24, 2.45) is 5.73 Å². The van der Waals surface area contributed by atoms with Crippen LogP contribution in [0.15, 0.2) is 24.3 Å². The van der Waals surface area contributed by atoms with E-state index >= 15 is 0 Å². The average molecular weight is 256 g/mol. The fourth-order valence-electron chi connectivity index (χ4n) is 1.05. The molecule has 1 rings (SSSR count). The van der Waals surface area contributed by atoms with Crippen LogP contribution in [0, 0.1) is 0 Å². The molecule has 1 aromatic rings. The summed E-state index contributed by atoms with van der Waals surface area (Å²) < 4.78 is 40.6. The molecule has 0 heterocycles. The molecule has 0 aliphatic carbocycles. The second-order valence-electron chi connectivity index (χ2n) is 3.16. The lowest BCUT2D eigenvalue weighted by atomic mass is 10.1. The molecule has 2 atom stereocenters. The maximum absolute atomic E-state index is 12.5. The maximum Gasteiger partial charge on any atom is 0.304 e. The van der Waals surface area contributed by atoms with Gasteiger partial charge in [-0.1, -0.05) is 12.1 Å². The quantitative estimate of drug-likeness (QED) is 0.897. The molecule has 0 spiro atoms. The van der Waals surface area contributed by atoms with E-state index in [9.17, 15) is 13.2 Å². The normalized spacial score (nSPS) is 14.1. The number of rotatable bonds is 4. The fourth-order valence-corrected chi connectivity index (χ4v) is 1.05. The van der Waals surface area contributed by atoms with Crippen LogP contribution in [-0.2, 0) is 0 Å². The molecule has 0 fully saturated rings. The van der Waals surface area contributed by atoms with E-state index in [-0.39, 0.29) is 24.2 Å². The average Bonchev–Trinajstić information content (AvgIpc) is 2.18. The zero-order chi connectivity index (χ0) is 11.4. The van der Waals surface area contributed by atoms with Crippen molar-refractivity contribution in [3.63, 3.8) is 0 Å². The van der Waals surface area contributed by atoms with E-state index in [1.54, 1.807) is 19.1 Å². The molecule has 6 heteroatoms. The van der Waals surface area contributed by atoms with Crippen molar-refractivity contribution in [3.05, 3.63) is 29.8 Å². The molecule has 0 aromatic heterocycles. The number of ether oxygens (including phenoxy) is 1. The Kier molecular flexibility index (Phi) is 6.21. The van der Waals surface area contributed by atoms with Gasteiger partial charge in [0.25, 0.3) is 6.36 Å². The summed E-state index contributed by atoms with van der Waals surface area (Å²) >= 11 is 0. The highest BCUT2D eigenvalue weighted by molar-refractivity contribution is 5.85. The first kappa shape index (κ1) is 15.1. The minimum absolute atomic E-state index is 0. The minimum atomic E-state index is -3.15. The third kappa shape index (κ3) is 4.28. The Morgan fingerprint density at radius 2 is 1.88 bits per heavy atom. The Bertz CT molecular complexity index is 323. The lowest BCUT2D eigenvalue weighted by Crippen LogP contribution is -2.19. The fraction of sp³-hybridized carbons (Fsp3) is 0.400. The van der Waals surface area contributed by atoms with Crippen molar-refractivity contribution in [3.8, 4) is 5.75 Å². The Hall–Kier alpha value is -0.940. The highest BCUT2D eigenvalue weighted by Gasteiger charge is 2.20. The van der Waals surface area contributed by atoms with Gasteiger partial charge >= 0.3 is 6.43 Å². The van der Waals surface area contributed by atoms with Gasteiger partial charge in [0.1, 0.15) is 5.75 Å². The van der Waals surface area contributed by atoms with E-state index in [4.69, 9.17) is 5.73 Å². The largest absolute Gasteiger partial charge is 0.454 e. The summed E-state index contributed by atoms with van der Waals surface area (Å²) in [7, 11) is 0. The molecular formula is C10H13ClF3NO. The lowest BCUT2D eigenvalue weighted by Gasteiger charge is -2.12. The maximum atomic E-state index is 12.5. The van der Waals surface area contributed by atoms with Crippen LogP contribution in [0.4, 0.5) is 13.2 Å². The second-order valence-corrected chi connectivity index (χ2v) is 3.16. The van der Waals surface area contributed by atoms with E-state index < -0.39 is 12.8 Å². The molecule has 16 heavy (non-hydrogen) atoms. The van der Waals surface area contributed by atoms with Gasteiger partial charge in [-0.25, -0.2) is 8.78 Å². The van der Waals surface area contributed by atoms with E-state index in [0.717, 1.165) is 0 Å². The lowest BCUT2D eigenvalue weighted by molar-refractivity contribution is -0.0669. The smallest absolute Gasteiger partial charge is 0.304 e. The van der Waals surface area contributed by atoms with E-state index in [1.807, 2.05) is 0 Å². The Labute approximate surface area is 98.0 Å². The summed E-state index contributed by atoms with van der Waals surface area (Å²) in [6.45, 7) is 1.74. The molecule has 0 aliphatic heterocycles. The third-order valence-corrected chi connectivity index (χ3v) is 1.83. The highest BCUT2D eigenvalue weighted by atomic mass is 35.5. The van der Waals surface area contributed by atoms with Crippen LogP contribution in [0.1, 0.15) is 18.5 Å². The summed E-state index contributed by atoms with van der Waals surface area (Å²) in [5.74, 6) is 0.0533. The van der Waals surface area contributed by atoms with Gasteiger partial charge in [0, 0.05) is 6.04 Å². The Morgan fingerprint density at radius 1 is 1.25 bits per heavy atom. The second kappa shape index (κ2) is 6.60. The van der Waals surface area contributed by atoms with Crippen molar-refractivity contribution < 1.29 is 17.9 Å². The summed E-state index contributed by atoms with van der Waals surface area (Å²) in [5, 5.41) is 0. The molecule has 0 radical (unpaired) electrons. The molecule has 92 valence electrons. The summed E-state index contributed by atoms with van der Waals surface area (Å²) in [6.07, 6.45) is -5.75. The van der Waals surface area contributed by atoms with Crippen molar-refractivity contribution in [2.45, 2.75) is 25.7 Å². The van der Waals surface area contributed by atoms with E-state index in [1.165, 1.54) is 12.1 Å². The summed E-state index contributed by atoms with van der Waals surface area (Å²) in [5.41, 5.74) is 6.28. The van der Waals surface area contributed by atoms with E-state index in [0.29, 0.717) is 5.56 Å². The number of halogens is 4. The van der Waals surface area contributed by atoms with Gasteiger partial charge < -0.3 is 10.5 Å². The molecule has 2 nitrogen and oxygen atoms in total. The first-order valence-corrected chi connectivity index (χ1v) is 4.45. The summed E-state index contributed by atoms with van der Waals surface area (Å²) in [6, 6.07) is 5.89. The van der Waals surface area contributed by atoms with Crippen molar-refractivity contribution in [1.82, 2.24) is 0 Å². The Morgan fingerprint density at radius 3 is 2.38 bits per heavy atom. The molecule has 0 bridgehead atoms. The number of benzene rings is 1. The van der Waals surface area contributed by atoms with Gasteiger partial charge in [-0.3, -0.25) is 0 Å². The van der Waals surface area contributed by atoms with Crippen molar-refractivity contribution in [1.29, 1.82) is 0 Å². The monoisotopic (exact) mass is 255 g/mol. The molecule has 1 unspecified atom stereocenters. The first-order valence-electron chi connectivity index (χ1n) is 4.45. The van der Waals surface area contributed by atoms with Gasteiger partial charge in [-0.15, -0.1) is 12.4 Å². The predicted octanol–water partition coefficient (Wildman–Crippen LogP) is 3.07. The third-order valence-electron chi connectivity index (χ3n) is 1.83. The molecule has 2 N–H and O–H groups in total. The van der Waals surface area contributed by atoms with Crippen molar-refractivity contribution in [2.75, 3.05) is 0 Å². The number of hydrogen-bond donors (Lipinski definition) is 1. The number of alkyl halides is 3. The molecule has 0 amide bonds. The standard InChI is InChI=1S/C10H12F3NO.ClH/c1-6(14)7-3-2-4-8(5-7)15-10(13)9(11)12;/h2-6,9-10H,14H2,1H3;1H/t6-,10?;/m0./s1. The molecule has 0 aliphatic rings. The summed E-state index contributed by atoms with van der Waals surface area (Å²) in [4.78, 5) is 0. The molecule has 0 saturated heterocycles. The van der Waals surface area contributed by atoms with Crippen LogP contribution in [0.5, 0.6) is 5.75 Å². The SMILES string of the molecule is C[C@H](N)c1cccc(OC(F)C(F)F)c1.Cl. The molecule has 0 saturated carbocycles. The minimum Gasteiger partial charge on any atom is -0.454 e. The van der Waals surface area contributed by atoms with Crippen LogP contribution in [-0.4, -0.2) is 12.8 Å². The van der Waals surface area contributed by atoms with Crippen LogP contribution in [0.25, 0.3) is 0 Å². The zero-order valence-corrected chi connectivity index (χ0v) is 9.39. The van der Waals surface area contributed by atoms with Gasteiger partial charge in [0.15, 0.2) is 0 Å². The van der Waals surface area contributed by atoms with Gasteiger partial charge in [0.05, 0.1) is 0 Å². The van der Waals surface area contributed by atoms with Crippen LogP contribution in [0.2, 0.25) is 0 Å².